The van der Waals surface area contributed by atoms with Crippen LogP contribution in [0.15, 0.2) is 46.0 Å². The average molecular weight is 317 g/mol. The van der Waals surface area contributed by atoms with Crippen LogP contribution in [0.4, 0.5) is 0 Å². The van der Waals surface area contributed by atoms with Crippen LogP contribution in [-0.2, 0) is 13.0 Å². The third-order valence-corrected chi connectivity index (χ3v) is 3.41. The van der Waals surface area contributed by atoms with Gasteiger partial charge in [-0.15, -0.1) is 0 Å². The van der Waals surface area contributed by atoms with E-state index in [9.17, 15) is 0 Å². The van der Waals surface area contributed by atoms with Gasteiger partial charge >= 0.3 is 0 Å². The summed E-state index contributed by atoms with van der Waals surface area (Å²) in [6.07, 6.45) is 2.48. The topological polar surface area (TPSA) is 68.0 Å². The number of aliphatic imine (C=N–C) groups is 1. The fraction of sp³-hybridized carbons (Fsp3) is 0.353. The molecule has 2 rings (SSSR count). The van der Waals surface area contributed by atoms with Crippen molar-refractivity contribution in [3.8, 4) is 11.5 Å². The Labute approximate surface area is 136 Å². The van der Waals surface area contributed by atoms with E-state index in [0.717, 1.165) is 41.7 Å². The summed E-state index contributed by atoms with van der Waals surface area (Å²) in [5.41, 5.74) is 1.03. The van der Waals surface area contributed by atoms with Crippen LogP contribution in [0.1, 0.15) is 11.3 Å². The highest BCUT2D eigenvalue weighted by molar-refractivity contribution is 5.79. The van der Waals surface area contributed by atoms with Gasteiger partial charge in [-0.2, -0.15) is 0 Å². The van der Waals surface area contributed by atoms with E-state index in [4.69, 9.17) is 13.9 Å². The molecule has 0 atom stereocenters. The zero-order valence-corrected chi connectivity index (χ0v) is 13.8. The van der Waals surface area contributed by atoms with Crippen molar-refractivity contribution < 1.29 is 13.9 Å². The van der Waals surface area contributed by atoms with Crippen molar-refractivity contribution in [3.63, 3.8) is 0 Å². The first-order valence-corrected chi connectivity index (χ1v) is 7.44. The van der Waals surface area contributed by atoms with E-state index in [-0.39, 0.29) is 0 Å². The van der Waals surface area contributed by atoms with Crippen molar-refractivity contribution >= 4 is 5.96 Å². The molecule has 2 aromatic rings. The van der Waals surface area contributed by atoms with Gasteiger partial charge in [0.25, 0.3) is 0 Å². The number of rotatable bonds is 7. The zero-order chi connectivity index (χ0) is 16.5. The van der Waals surface area contributed by atoms with Gasteiger partial charge in [-0.3, -0.25) is 4.99 Å². The lowest BCUT2D eigenvalue weighted by Crippen LogP contribution is -2.37. The van der Waals surface area contributed by atoms with Gasteiger partial charge in [-0.25, -0.2) is 0 Å². The summed E-state index contributed by atoms with van der Waals surface area (Å²) in [5.74, 6) is 3.23. The van der Waals surface area contributed by atoms with Crippen LogP contribution in [0.3, 0.4) is 0 Å². The van der Waals surface area contributed by atoms with Crippen LogP contribution in [0.5, 0.6) is 11.5 Å². The molecule has 0 saturated heterocycles. The molecule has 0 amide bonds. The number of hydrogen-bond acceptors (Lipinski definition) is 4. The monoisotopic (exact) mass is 317 g/mol. The SMILES string of the molecule is CN=C(NCCc1ccco1)NCc1ccc(OC)cc1OC. The Morgan fingerprint density at radius 3 is 2.70 bits per heavy atom. The molecule has 2 N–H and O–H groups in total. The lowest BCUT2D eigenvalue weighted by Gasteiger charge is -2.14. The molecule has 23 heavy (non-hydrogen) atoms. The Morgan fingerprint density at radius 1 is 1.17 bits per heavy atom. The van der Waals surface area contributed by atoms with Crippen LogP contribution in [0.25, 0.3) is 0 Å². The second-order valence-corrected chi connectivity index (χ2v) is 4.86. The number of methoxy groups -OCH3 is 2. The third-order valence-electron chi connectivity index (χ3n) is 3.41. The van der Waals surface area contributed by atoms with E-state index in [0.29, 0.717) is 6.54 Å². The van der Waals surface area contributed by atoms with Gasteiger partial charge in [0.15, 0.2) is 5.96 Å². The molecule has 0 aliphatic heterocycles. The van der Waals surface area contributed by atoms with E-state index in [1.165, 1.54) is 0 Å². The third kappa shape index (κ3) is 4.95. The normalized spacial score (nSPS) is 11.2. The van der Waals surface area contributed by atoms with Crippen LogP contribution in [0.2, 0.25) is 0 Å². The number of guanidine groups is 1. The first-order chi connectivity index (χ1) is 11.3. The van der Waals surface area contributed by atoms with Gasteiger partial charge in [-0.05, 0) is 24.3 Å². The number of nitrogens with one attached hydrogen (secondary N) is 2. The van der Waals surface area contributed by atoms with Crippen LogP contribution in [0, 0.1) is 0 Å². The minimum absolute atomic E-state index is 0.605. The number of ether oxygens (including phenoxy) is 2. The second-order valence-electron chi connectivity index (χ2n) is 4.86. The van der Waals surface area contributed by atoms with Gasteiger partial charge in [0.2, 0.25) is 0 Å². The second kappa shape index (κ2) is 8.73. The molecule has 6 nitrogen and oxygen atoms in total. The predicted octanol–water partition coefficient (Wildman–Crippen LogP) is 2.20. The highest BCUT2D eigenvalue weighted by Crippen LogP contribution is 2.24. The molecule has 0 spiro atoms. The maximum Gasteiger partial charge on any atom is 0.191 e. The molecule has 1 heterocycles. The van der Waals surface area contributed by atoms with Gasteiger partial charge < -0.3 is 24.5 Å². The van der Waals surface area contributed by atoms with Crippen LogP contribution in [-0.4, -0.2) is 33.8 Å². The minimum Gasteiger partial charge on any atom is -0.497 e. The van der Waals surface area contributed by atoms with Crippen molar-refractivity contribution in [3.05, 3.63) is 47.9 Å². The van der Waals surface area contributed by atoms with Crippen molar-refractivity contribution in [1.29, 1.82) is 0 Å². The van der Waals surface area contributed by atoms with Crippen molar-refractivity contribution in [1.82, 2.24) is 10.6 Å². The Morgan fingerprint density at radius 2 is 2.04 bits per heavy atom. The standard InChI is InChI=1S/C17H23N3O3/c1-18-17(19-9-8-14-5-4-10-23-14)20-12-13-6-7-15(21-2)11-16(13)22-3/h4-7,10-11H,8-9,12H2,1-3H3,(H2,18,19,20). The van der Waals surface area contributed by atoms with Crippen molar-refractivity contribution in [2.75, 3.05) is 27.8 Å². The highest BCUT2D eigenvalue weighted by Gasteiger charge is 2.06. The highest BCUT2D eigenvalue weighted by atomic mass is 16.5. The summed E-state index contributed by atoms with van der Waals surface area (Å²) < 4.78 is 15.9. The maximum atomic E-state index is 5.39. The molecule has 0 aliphatic carbocycles. The summed E-state index contributed by atoms with van der Waals surface area (Å²) in [7, 11) is 5.03. The Bertz CT molecular complexity index is 624. The maximum absolute atomic E-state index is 5.39. The summed E-state index contributed by atoms with van der Waals surface area (Å²) in [5, 5.41) is 6.52. The molecular weight excluding hydrogens is 294 g/mol. The fourth-order valence-electron chi connectivity index (χ4n) is 2.16. The van der Waals surface area contributed by atoms with Crippen molar-refractivity contribution in [2.45, 2.75) is 13.0 Å². The van der Waals surface area contributed by atoms with Crippen LogP contribution < -0.4 is 20.1 Å². The van der Waals surface area contributed by atoms with Gasteiger partial charge in [-0.1, -0.05) is 0 Å². The van der Waals surface area contributed by atoms with E-state index in [1.807, 2.05) is 30.3 Å². The molecule has 1 aromatic carbocycles. The molecule has 0 bridgehead atoms. The summed E-state index contributed by atoms with van der Waals surface area (Å²) in [6, 6.07) is 9.59. The van der Waals surface area contributed by atoms with E-state index < -0.39 is 0 Å². The predicted molar refractivity (Wildman–Crippen MR) is 90.2 cm³/mol. The number of hydrogen-bond donors (Lipinski definition) is 2. The van der Waals surface area contributed by atoms with Gasteiger partial charge in [0.1, 0.15) is 17.3 Å². The molecule has 124 valence electrons. The summed E-state index contributed by atoms with van der Waals surface area (Å²) >= 11 is 0. The average Bonchev–Trinajstić information content (AvgIpc) is 3.11. The van der Waals surface area contributed by atoms with E-state index in [1.54, 1.807) is 27.5 Å². The molecule has 0 unspecified atom stereocenters. The van der Waals surface area contributed by atoms with E-state index >= 15 is 0 Å². The first kappa shape index (κ1) is 16.7. The molecule has 1 aromatic heterocycles. The number of nitrogens with zero attached hydrogens (tertiary/aromatic N) is 1. The summed E-state index contributed by atoms with van der Waals surface area (Å²) in [6.45, 7) is 1.35. The zero-order valence-electron chi connectivity index (χ0n) is 13.8. The van der Waals surface area contributed by atoms with Crippen LogP contribution >= 0.6 is 0 Å². The Balaban J connectivity index is 1.85. The lowest BCUT2D eigenvalue weighted by atomic mass is 10.2. The molecule has 0 aliphatic rings. The fourth-order valence-corrected chi connectivity index (χ4v) is 2.16. The number of furan rings is 1. The molecule has 0 fully saturated rings. The summed E-state index contributed by atoms with van der Waals surface area (Å²) in [4.78, 5) is 4.21. The van der Waals surface area contributed by atoms with Gasteiger partial charge in [0, 0.05) is 38.2 Å². The first-order valence-electron chi connectivity index (χ1n) is 7.44. The minimum atomic E-state index is 0.605. The Kier molecular flexibility index (Phi) is 6.35. The largest absolute Gasteiger partial charge is 0.497 e. The molecule has 0 saturated carbocycles. The quantitative estimate of drug-likeness (QED) is 0.605. The number of benzene rings is 1. The molecular formula is C17H23N3O3. The molecule has 6 heteroatoms. The lowest BCUT2D eigenvalue weighted by molar-refractivity contribution is 0.390. The smallest absolute Gasteiger partial charge is 0.191 e. The van der Waals surface area contributed by atoms with Crippen molar-refractivity contribution in [2.24, 2.45) is 4.99 Å². The Hall–Kier alpha value is -2.63. The molecule has 0 radical (unpaired) electrons. The van der Waals surface area contributed by atoms with Gasteiger partial charge in [0.05, 0.1) is 20.5 Å². The van der Waals surface area contributed by atoms with E-state index in [2.05, 4.69) is 15.6 Å².